The Morgan fingerprint density at radius 2 is 2.40 bits per heavy atom. The highest BCUT2D eigenvalue weighted by Gasteiger charge is 2.19. The summed E-state index contributed by atoms with van der Waals surface area (Å²) in [6.45, 7) is 1.79. The molecular weight excluding hydrogens is 278 g/mol. The maximum Gasteiger partial charge on any atom is 0.241 e. The summed E-state index contributed by atoms with van der Waals surface area (Å²) in [5.74, 6) is 0.426. The van der Waals surface area contributed by atoms with Crippen molar-refractivity contribution in [2.45, 2.75) is 6.42 Å². The SMILES string of the molecule is CN1CCOc2cc(N(CCC#N)C(=O)CCl)ccc21. The van der Waals surface area contributed by atoms with E-state index in [4.69, 9.17) is 21.6 Å². The van der Waals surface area contributed by atoms with E-state index in [0.29, 0.717) is 18.8 Å². The van der Waals surface area contributed by atoms with Gasteiger partial charge in [0.25, 0.3) is 0 Å². The number of amides is 1. The number of halogens is 1. The first kappa shape index (κ1) is 14.5. The molecule has 1 aromatic carbocycles. The van der Waals surface area contributed by atoms with Gasteiger partial charge in [-0.25, -0.2) is 0 Å². The number of nitriles is 1. The molecule has 0 saturated carbocycles. The van der Waals surface area contributed by atoms with E-state index in [1.165, 1.54) is 4.90 Å². The fourth-order valence-electron chi connectivity index (χ4n) is 2.15. The molecule has 0 saturated heterocycles. The molecule has 0 aromatic heterocycles. The molecule has 1 aliphatic rings. The molecule has 20 heavy (non-hydrogen) atoms. The van der Waals surface area contributed by atoms with Gasteiger partial charge in [0.05, 0.1) is 24.7 Å². The summed E-state index contributed by atoms with van der Waals surface area (Å²) in [5, 5.41) is 8.69. The minimum absolute atomic E-state index is 0.108. The molecule has 6 heteroatoms. The van der Waals surface area contributed by atoms with E-state index in [0.717, 1.165) is 18.0 Å². The molecule has 0 bridgehead atoms. The molecule has 0 radical (unpaired) electrons. The van der Waals surface area contributed by atoms with Gasteiger partial charge in [-0.3, -0.25) is 4.79 Å². The number of nitrogens with zero attached hydrogens (tertiary/aromatic N) is 3. The van der Waals surface area contributed by atoms with Gasteiger partial charge < -0.3 is 14.5 Å². The van der Waals surface area contributed by atoms with Crippen LogP contribution in [-0.2, 0) is 4.79 Å². The Morgan fingerprint density at radius 3 is 3.10 bits per heavy atom. The molecule has 2 rings (SSSR count). The number of hydrogen-bond donors (Lipinski definition) is 0. The molecule has 0 aliphatic carbocycles. The second-order valence-electron chi connectivity index (χ2n) is 4.51. The Balaban J connectivity index is 2.29. The third kappa shape index (κ3) is 2.97. The number of likely N-dealkylation sites (N-methyl/N-ethyl adjacent to an activating group) is 1. The zero-order valence-corrected chi connectivity index (χ0v) is 12.1. The van der Waals surface area contributed by atoms with Gasteiger partial charge in [0.2, 0.25) is 5.91 Å². The van der Waals surface area contributed by atoms with Crippen LogP contribution in [0.1, 0.15) is 6.42 Å². The van der Waals surface area contributed by atoms with Gasteiger partial charge >= 0.3 is 0 Å². The monoisotopic (exact) mass is 293 g/mol. The lowest BCUT2D eigenvalue weighted by Gasteiger charge is -2.29. The van der Waals surface area contributed by atoms with Crippen molar-refractivity contribution in [2.24, 2.45) is 0 Å². The van der Waals surface area contributed by atoms with E-state index in [2.05, 4.69) is 4.90 Å². The van der Waals surface area contributed by atoms with Gasteiger partial charge in [-0.15, -0.1) is 11.6 Å². The number of fused-ring (bicyclic) bond motifs is 1. The van der Waals surface area contributed by atoms with E-state index < -0.39 is 0 Å². The molecule has 0 spiro atoms. The Labute approximate surface area is 123 Å². The van der Waals surface area contributed by atoms with Gasteiger partial charge in [0, 0.05) is 25.3 Å². The van der Waals surface area contributed by atoms with Crippen LogP contribution in [0.2, 0.25) is 0 Å². The van der Waals surface area contributed by atoms with Crippen molar-refractivity contribution in [3.8, 4) is 11.8 Å². The van der Waals surface area contributed by atoms with Crippen LogP contribution in [0.3, 0.4) is 0 Å². The molecule has 5 nitrogen and oxygen atoms in total. The van der Waals surface area contributed by atoms with Crippen LogP contribution >= 0.6 is 11.6 Å². The predicted molar refractivity (Wildman–Crippen MR) is 78.5 cm³/mol. The first-order chi connectivity index (χ1) is 9.67. The summed E-state index contributed by atoms with van der Waals surface area (Å²) in [4.78, 5) is 15.5. The van der Waals surface area contributed by atoms with Crippen LogP contribution in [0.4, 0.5) is 11.4 Å². The standard InChI is InChI=1S/C14H16ClN3O2/c1-17-7-8-20-13-9-11(3-4-12(13)17)18(6-2-5-16)14(19)10-15/h3-4,9H,2,6-8,10H2,1H3. The van der Waals surface area contributed by atoms with E-state index >= 15 is 0 Å². The maximum atomic E-state index is 11.9. The molecule has 0 N–H and O–H groups in total. The highest BCUT2D eigenvalue weighted by atomic mass is 35.5. The van der Waals surface area contributed by atoms with Gasteiger partial charge in [-0.1, -0.05) is 0 Å². The van der Waals surface area contributed by atoms with Crippen molar-refractivity contribution >= 4 is 28.9 Å². The molecule has 1 amide bonds. The number of ether oxygens (including phenoxy) is 1. The fourth-order valence-corrected chi connectivity index (χ4v) is 2.29. The predicted octanol–water partition coefficient (Wildman–Crippen LogP) is 2.00. The van der Waals surface area contributed by atoms with Crippen LogP contribution in [0.5, 0.6) is 5.75 Å². The molecule has 1 aliphatic heterocycles. The molecular formula is C14H16ClN3O2. The Morgan fingerprint density at radius 1 is 1.60 bits per heavy atom. The van der Waals surface area contributed by atoms with Crippen molar-refractivity contribution in [2.75, 3.05) is 42.4 Å². The molecule has 106 valence electrons. The second-order valence-corrected chi connectivity index (χ2v) is 4.78. The molecule has 1 heterocycles. The lowest BCUT2D eigenvalue weighted by atomic mass is 10.2. The quantitative estimate of drug-likeness (QED) is 0.797. The largest absolute Gasteiger partial charge is 0.489 e. The summed E-state index contributed by atoms with van der Waals surface area (Å²) in [7, 11) is 2.00. The molecule has 0 fully saturated rings. The first-order valence-corrected chi connectivity index (χ1v) is 6.92. The average Bonchev–Trinajstić information content (AvgIpc) is 2.47. The number of hydrogen-bond acceptors (Lipinski definition) is 4. The molecule has 0 unspecified atom stereocenters. The van der Waals surface area contributed by atoms with Crippen molar-refractivity contribution < 1.29 is 9.53 Å². The smallest absolute Gasteiger partial charge is 0.241 e. The summed E-state index contributed by atoms with van der Waals surface area (Å²) in [5.41, 5.74) is 1.71. The highest BCUT2D eigenvalue weighted by molar-refractivity contribution is 6.29. The molecule has 0 atom stereocenters. The van der Waals surface area contributed by atoms with E-state index in [9.17, 15) is 4.79 Å². The number of alkyl halides is 1. The zero-order chi connectivity index (χ0) is 14.5. The van der Waals surface area contributed by atoms with Crippen LogP contribution in [0, 0.1) is 11.3 Å². The maximum absolute atomic E-state index is 11.9. The lowest BCUT2D eigenvalue weighted by Crippen LogP contribution is -2.33. The minimum Gasteiger partial charge on any atom is -0.489 e. The van der Waals surface area contributed by atoms with Crippen molar-refractivity contribution in [3.05, 3.63) is 18.2 Å². The number of anilines is 2. The van der Waals surface area contributed by atoms with Crippen LogP contribution < -0.4 is 14.5 Å². The Hall–Kier alpha value is -1.93. The van der Waals surface area contributed by atoms with Gasteiger partial charge in [-0.05, 0) is 12.1 Å². The third-order valence-electron chi connectivity index (χ3n) is 3.21. The fraction of sp³-hybridized carbons (Fsp3) is 0.429. The van der Waals surface area contributed by atoms with Gasteiger partial charge in [0.1, 0.15) is 18.2 Å². The van der Waals surface area contributed by atoms with Crippen molar-refractivity contribution in [1.82, 2.24) is 0 Å². The number of carbonyl (C=O) groups excluding carboxylic acids is 1. The summed E-state index contributed by atoms with van der Waals surface area (Å²) < 4.78 is 5.62. The van der Waals surface area contributed by atoms with E-state index in [1.54, 1.807) is 0 Å². The van der Waals surface area contributed by atoms with Crippen LogP contribution in [0.25, 0.3) is 0 Å². The normalized spacial score (nSPS) is 13.2. The number of rotatable bonds is 4. The summed E-state index contributed by atoms with van der Waals surface area (Å²) in [6.07, 6.45) is 0.264. The van der Waals surface area contributed by atoms with E-state index in [1.807, 2.05) is 31.3 Å². The Bertz CT molecular complexity index is 542. The van der Waals surface area contributed by atoms with Crippen LogP contribution in [-0.4, -0.2) is 38.5 Å². The van der Waals surface area contributed by atoms with Gasteiger partial charge in [0.15, 0.2) is 0 Å². The number of benzene rings is 1. The lowest BCUT2D eigenvalue weighted by molar-refractivity contribution is -0.116. The topological polar surface area (TPSA) is 56.6 Å². The zero-order valence-electron chi connectivity index (χ0n) is 11.3. The molecule has 1 aromatic rings. The average molecular weight is 294 g/mol. The van der Waals surface area contributed by atoms with Crippen LogP contribution in [0.15, 0.2) is 18.2 Å². The van der Waals surface area contributed by atoms with Crippen molar-refractivity contribution in [3.63, 3.8) is 0 Å². The van der Waals surface area contributed by atoms with Gasteiger partial charge in [-0.2, -0.15) is 5.26 Å². The Kier molecular flexibility index (Phi) is 4.70. The number of carbonyl (C=O) groups is 1. The second kappa shape index (κ2) is 6.49. The summed E-state index contributed by atoms with van der Waals surface area (Å²) >= 11 is 5.63. The summed E-state index contributed by atoms with van der Waals surface area (Å²) in [6, 6.07) is 7.64. The van der Waals surface area contributed by atoms with E-state index in [-0.39, 0.29) is 18.2 Å². The third-order valence-corrected chi connectivity index (χ3v) is 3.44. The van der Waals surface area contributed by atoms with Crippen molar-refractivity contribution in [1.29, 1.82) is 5.26 Å². The first-order valence-electron chi connectivity index (χ1n) is 6.38. The highest BCUT2D eigenvalue weighted by Crippen LogP contribution is 2.34. The minimum atomic E-state index is -0.217.